The van der Waals surface area contributed by atoms with E-state index < -0.39 is 0 Å². The zero-order chi connectivity index (χ0) is 18.8. The van der Waals surface area contributed by atoms with Gasteiger partial charge in [-0.3, -0.25) is 0 Å². The summed E-state index contributed by atoms with van der Waals surface area (Å²) >= 11 is 1.83. The summed E-state index contributed by atoms with van der Waals surface area (Å²) in [5.74, 6) is 0.887. The maximum Gasteiger partial charge on any atom is 0.226 e. The summed E-state index contributed by atoms with van der Waals surface area (Å²) in [5.41, 5.74) is 3.37. The minimum Gasteiger partial charge on any atom is -0.341 e. The van der Waals surface area contributed by atoms with Gasteiger partial charge in [0.2, 0.25) is 5.95 Å². The number of hydrogen-bond acceptors (Lipinski definition) is 5. The fraction of sp³-hybridized carbons (Fsp3) is 0.455. The molecule has 0 bridgehead atoms. The summed E-state index contributed by atoms with van der Waals surface area (Å²) in [6.07, 6.45) is 3.50. The van der Waals surface area contributed by atoms with Gasteiger partial charge in [-0.2, -0.15) is 0 Å². The fourth-order valence-corrected chi connectivity index (χ4v) is 4.70. The first-order valence-corrected chi connectivity index (χ1v) is 10.8. The van der Waals surface area contributed by atoms with Gasteiger partial charge in [-0.15, -0.1) is 11.3 Å². The first-order chi connectivity index (χ1) is 13.1. The van der Waals surface area contributed by atoms with Gasteiger partial charge in [0.1, 0.15) is 0 Å². The van der Waals surface area contributed by atoms with Crippen LogP contribution in [-0.2, 0) is 0 Å². The van der Waals surface area contributed by atoms with Crippen molar-refractivity contribution in [2.45, 2.75) is 52.1 Å². The van der Waals surface area contributed by atoms with Crippen LogP contribution in [0.15, 0.2) is 35.7 Å². The Balaban J connectivity index is 1.47. The van der Waals surface area contributed by atoms with Crippen LogP contribution in [0, 0.1) is 13.8 Å². The molecular formula is C22H28N4S. The molecule has 1 saturated heterocycles. The molecule has 1 aliphatic rings. The Morgan fingerprint density at radius 2 is 2.04 bits per heavy atom. The molecule has 0 spiro atoms. The van der Waals surface area contributed by atoms with Gasteiger partial charge in [-0.05, 0) is 63.1 Å². The molecule has 1 N–H and O–H groups in total. The number of rotatable bonds is 4. The van der Waals surface area contributed by atoms with Crippen molar-refractivity contribution in [2.24, 2.45) is 0 Å². The molecule has 4 rings (SSSR count). The van der Waals surface area contributed by atoms with Crippen molar-refractivity contribution in [1.82, 2.24) is 15.3 Å². The lowest BCUT2D eigenvalue weighted by Crippen LogP contribution is -2.33. The minimum absolute atomic E-state index is 0.420. The predicted octanol–water partition coefficient (Wildman–Crippen LogP) is 5.02. The molecule has 27 heavy (non-hydrogen) atoms. The molecule has 0 radical (unpaired) electrons. The van der Waals surface area contributed by atoms with Crippen LogP contribution in [0.2, 0.25) is 0 Å². The highest BCUT2D eigenvalue weighted by Crippen LogP contribution is 2.24. The maximum absolute atomic E-state index is 4.88. The minimum atomic E-state index is 0.420. The summed E-state index contributed by atoms with van der Waals surface area (Å²) in [6.45, 7) is 8.52. The number of aryl methyl sites for hydroxylation is 2. The van der Waals surface area contributed by atoms with E-state index in [1.165, 1.54) is 23.3 Å². The molecule has 142 valence electrons. The lowest BCUT2D eigenvalue weighted by atomic mass is 10.1. The molecule has 0 amide bonds. The molecule has 1 aliphatic heterocycles. The predicted molar refractivity (Wildman–Crippen MR) is 115 cm³/mol. The number of aromatic nitrogens is 2. The number of anilines is 1. The van der Waals surface area contributed by atoms with E-state index in [9.17, 15) is 0 Å². The number of benzene rings is 1. The van der Waals surface area contributed by atoms with Gasteiger partial charge >= 0.3 is 0 Å². The Morgan fingerprint density at radius 1 is 1.15 bits per heavy atom. The summed E-state index contributed by atoms with van der Waals surface area (Å²) in [4.78, 5) is 13.5. The van der Waals surface area contributed by atoms with Gasteiger partial charge in [-0.1, -0.05) is 18.2 Å². The maximum atomic E-state index is 4.88. The van der Waals surface area contributed by atoms with E-state index in [1.807, 2.05) is 11.3 Å². The average molecular weight is 381 g/mol. The van der Waals surface area contributed by atoms with Gasteiger partial charge < -0.3 is 10.2 Å². The van der Waals surface area contributed by atoms with Crippen LogP contribution in [0.5, 0.6) is 0 Å². The second-order valence-corrected chi connectivity index (χ2v) is 8.63. The van der Waals surface area contributed by atoms with Crippen LogP contribution in [0.1, 0.15) is 48.4 Å². The fourth-order valence-electron chi connectivity index (χ4n) is 3.96. The van der Waals surface area contributed by atoms with Gasteiger partial charge in [0.25, 0.3) is 0 Å². The number of nitrogens with zero attached hydrogens (tertiary/aromatic N) is 3. The number of hydrogen-bond donors (Lipinski definition) is 1. The van der Waals surface area contributed by atoms with Crippen LogP contribution < -0.4 is 10.2 Å². The highest BCUT2D eigenvalue weighted by atomic mass is 32.1. The van der Waals surface area contributed by atoms with Crippen LogP contribution in [0.25, 0.3) is 10.9 Å². The topological polar surface area (TPSA) is 41.1 Å². The van der Waals surface area contributed by atoms with E-state index in [2.05, 4.69) is 66.7 Å². The number of nitrogens with one attached hydrogen (secondary N) is 1. The van der Waals surface area contributed by atoms with Crippen LogP contribution in [-0.4, -0.2) is 29.1 Å². The van der Waals surface area contributed by atoms with Crippen molar-refractivity contribution in [3.8, 4) is 0 Å². The molecule has 3 aromatic rings. The zero-order valence-electron chi connectivity index (χ0n) is 16.4. The zero-order valence-corrected chi connectivity index (χ0v) is 17.2. The van der Waals surface area contributed by atoms with Gasteiger partial charge in [0, 0.05) is 35.4 Å². The van der Waals surface area contributed by atoms with Crippen LogP contribution in [0.3, 0.4) is 0 Å². The molecule has 0 saturated carbocycles. The first kappa shape index (κ1) is 18.4. The van der Waals surface area contributed by atoms with E-state index in [0.29, 0.717) is 12.1 Å². The molecule has 1 aromatic carbocycles. The van der Waals surface area contributed by atoms with E-state index in [0.717, 1.165) is 42.1 Å². The van der Waals surface area contributed by atoms with Gasteiger partial charge in [-0.25, -0.2) is 9.97 Å². The Labute approximate surface area is 165 Å². The van der Waals surface area contributed by atoms with E-state index in [1.54, 1.807) is 0 Å². The molecule has 2 atom stereocenters. The second kappa shape index (κ2) is 7.95. The monoisotopic (exact) mass is 380 g/mol. The SMILES string of the molecule is Cc1ccc2c(C)nc(N3CCCC(NC(C)c4cccs4)CC3)nc2c1. The average Bonchev–Trinajstić information content (AvgIpc) is 3.09. The number of thiophene rings is 1. The third kappa shape index (κ3) is 4.14. The van der Waals surface area contributed by atoms with Crippen molar-refractivity contribution in [1.29, 1.82) is 0 Å². The molecule has 0 aliphatic carbocycles. The molecule has 2 unspecified atom stereocenters. The first-order valence-electron chi connectivity index (χ1n) is 9.89. The molecule has 3 heterocycles. The van der Waals surface area contributed by atoms with Crippen molar-refractivity contribution < 1.29 is 0 Å². The summed E-state index contributed by atoms with van der Waals surface area (Å²) in [6, 6.07) is 11.8. The standard InChI is InChI=1S/C22H28N4S/c1-15-8-9-19-16(2)24-22(25-20(19)14-15)26-11-4-6-18(10-12-26)23-17(3)21-7-5-13-27-21/h5,7-9,13-14,17-18,23H,4,6,10-12H2,1-3H3. The Morgan fingerprint density at radius 3 is 2.85 bits per heavy atom. The van der Waals surface area contributed by atoms with Crippen molar-refractivity contribution in [3.05, 3.63) is 51.8 Å². The Hall–Kier alpha value is -1.98. The van der Waals surface area contributed by atoms with Gasteiger partial charge in [0.15, 0.2) is 0 Å². The van der Waals surface area contributed by atoms with E-state index >= 15 is 0 Å². The quantitative estimate of drug-likeness (QED) is 0.690. The van der Waals surface area contributed by atoms with Gasteiger partial charge in [0.05, 0.1) is 11.2 Å². The third-order valence-corrected chi connectivity index (χ3v) is 6.55. The smallest absolute Gasteiger partial charge is 0.226 e. The van der Waals surface area contributed by atoms with E-state index in [4.69, 9.17) is 9.97 Å². The highest BCUT2D eigenvalue weighted by Gasteiger charge is 2.21. The largest absolute Gasteiger partial charge is 0.341 e. The summed E-state index contributed by atoms with van der Waals surface area (Å²) in [5, 5.41) is 7.14. The lowest BCUT2D eigenvalue weighted by Gasteiger charge is -2.23. The highest BCUT2D eigenvalue weighted by molar-refractivity contribution is 7.10. The summed E-state index contributed by atoms with van der Waals surface area (Å²) in [7, 11) is 0. The lowest BCUT2D eigenvalue weighted by molar-refractivity contribution is 0.425. The molecule has 5 heteroatoms. The van der Waals surface area contributed by atoms with E-state index in [-0.39, 0.29) is 0 Å². The van der Waals surface area contributed by atoms with Crippen molar-refractivity contribution in [2.75, 3.05) is 18.0 Å². The number of fused-ring (bicyclic) bond motifs is 1. The molecule has 1 fully saturated rings. The molecule has 4 nitrogen and oxygen atoms in total. The Bertz CT molecular complexity index is 906. The van der Waals surface area contributed by atoms with Crippen molar-refractivity contribution >= 4 is 28.2 Å². The Kier molecular flexibility index (Phi) is 5.41. The normalized spacial score (nSPS) is 19.2. The van der Waals surface area contributed by atoms with Crippen LogP contribution in [0.4, 0.5) is 5.95 Å². The molecule has 2 aromatic heterocycles. The second-order valence-electron chi connectivity index (χ2n) is 7.65. The van der Waals surface area contributed by atoms with Crippen molar-refractivity contribution in [3.63, 3.8) is 0 Å². The van der Waals surface area contributed by atoms with Crippen LogP contribution >= 0.6 is 11.3 Å². The third-order valence-electron chi connectivity index (χ3n) is 5.50. The molecular weight excluding hydrogens is 352 g/mol. The summed E-state index contributed by atoms with van der Waals surface area (Å²) < 4.78 is 0.